The van der Waals surface area contributed by atoms with Gasteiger partial charge in [-0.25, -0.2) is 17.5 Å². The van der Waals surface area contributed by atoms with E-state index in [1.165, 1.54) is 55.6 Å². The van der Waals surface area contributed by atoms with E-state index >= 15 is 0 Å². The van der Waals surface area contributed by atoms with Gasteiger partial charge in [0.15, 0.2) is 0 Å². The Morgan fingerprint density at radius 2 is 1.81 bits per heavy atom. The summed E-state index contributed by atoms with van der Waals surface area (Å²) < 4.78 is 39.4. The first-order chi connectivity index (χ1) is 14.7. The molecule has 1 heterocycles. The monoisotopic (exact) mass is 463 g/mol. The summed E-state index contributed by atoms with van der Waals surface area (Å²) in [5, 5.41) is 2.06. The summed E-state index contributed by atoms with van der Waals surface area (Å²) in [6, 6.07) is 11.2. The molecule has 8 nitrogen and oxygen atoms in total. The molecule has 31 heavy (non-hydrogen) atoms. The van der Waals surface area contributed by atoms with Crippen LogP contribution in [0.25, 0.3) is 6.08 Å². The van der Waals surface area contributed by atoms with Gasteiger partial charge in [-0.15, -0.1) is 0 Å². The molecule has 162 valence electrons. The zero-order valence-electron chi connectivity index (χ0n) is 16.3. The van der Waals surface area contributed by atoms with Gasteiger partial charge in [-0.1, -0.05) is 18.2 Å². The van der Waals surface area contributed by atoms with Gasteiger partial charge >= 0.3 is 0 Å². The number of rotatable bonds is 7. The quantitative estimate of drug-likeness (QED) is 0.609. The van der Waals surface area contributed by atoms with E-state index in [-0.39, 0.29) is 34.0 Å². The predicted octanol–water partition coefficient (Wildman–Crippen LogP) is 2.20. The molecule has 0 unspecified atom stereocenters. The smallest absolute Gasteiger partial charge is 0.293 e. The topological polar surface area (TPSA) is 113 Å². The molecule has 3 amide bonds. The van der Waals surface area contributed by atoms with Crippen molar-refractivity contribution in [1.82, 2.24) is 14.9 Å². The highest BCUT2D eigenvalue weighted by Gasteiger charge is 2.34. The van der Waals surface area contributed by atoms with Crippen LogP contribution >= 0.6 is 11.8 Å². The maximum atomic E-state index is 13.8. The van der Waals surface area contributed by atoms with Gasteiger partial charge in [-0.2, -0.15) is 0 Å². The average molecular weight is 464 g/mol. The molecule has 2 aromatic rings. The summed E-state index contributed by atoms with van der Waals surface area (Å²) in [5.74, 6) is -1.55. The fourth-order valence-corrected chi connectivity index (χ4v) is 4.30. The van der Waals surface area contributed by atoms with Crippen molar-refractivity contribution in [3.63, 3.8) is 0 Å². The van der Waals surface area contributed by atoms with Crippen molar-refractivity contribution in [3.8, 4) is 0 Å². The maximum Gasteiger partial charge on any atom is 0.293 e. The van der Waals surface area contributed by atoms with Crippen LogP contribution in [-0.2, 0) is 14.8 Å². The van der Waals surface area contributed by atoms with E-state index < -0.39 is 32.9 Å². The number of hydrogen-bond donors (Lipinski definition) is 2. The molecule has 0 spiro atoms. The van der Waals surface area contributed by atoms with Crippen LogP contribution in [0.1, 0.15) is 15.9 Å². The SMILES string of the molecule is CNS(=O)(=O)c1ccc(C(=O)NCCN2C(=O)S/C(=C\c3ccccc3F)C2=O)cc1. The molecular weight excluding hydrogens is 445 g/mol. The van der Waals surface area contributed by atoms with Gasteiger partial charge in [0.2, 0.25) is 10.0 Å². The van der Waals surface area contributed by atoms with E-state index in [2.05, 4.69) is 10.0 Å². The third-order valence-corrected chi connectivity index (χ3v) is 6.72. The van der Waals surface area contributed by atoms with Crippen LogP contribution < -0.4 is 10.0 Å². The largest absolute Gasteiger partial charge is 0.350 e. The van der Waals surface area contributed by atoms with Gasteiger partial charge in [0.05, 0.1) is 9.80 Å². The van der Waals surface area contributed by atoms with Crippen LogP contribution in [0.3, 0.4) is 0 Å². The lowest BCUT2D eigenvalue weighted by atomic mass is 10.2. The van der Waals surface area contributed by atoms with Crippen molar-refractivity contribution >= 4 is 44.9 Å². The van der Waals surface area contributed by atoms with Gasteiger partial charge in [-0.3, -0.25) is 19.3 Å². The zero-order valence-corrected chi connectivity index (χ0v) is 17.9. The van der Waals surface area contributed by atoms with E-state index in [0.29, 0.717) is 11.8 Å². The van der Waals surface area contributed by atoms with E-state index in [0.717, 1.165) is 4.90 Å². The minimum Gasteiger partial charge on any atom is -0.350 e. The number of thioether (sulfide) groups is 1. The van der Waals surface area contributed by atoms with Crippen molar-refractivity contribution in [1.29, 1.82) is 0 Å². The highest BCUT2D eigenvalue weighted by molar-refractivity contribution is 8.18. The Morgan fingerprint density at radius 3 is 2.45 bits per heavy atom. The summed E-state index contributed by atoms with van der Waals surface area (Å²) in [7, 11) is -2.32. The summed E-state index contributed by atoms with van der Waals surface area (Å²) in [4.78, 5) is 37.9. The Balaban J connectivity index is 1.59. The Labute approximate surface area is 182 Å². The first-order valence-electron chi connectivity index (χ1n) is 9.04. The predicted molar refractivity (Wildman–Crippen MR) is 114 cm³/mol. The second-order valence-corrected chi connectivity index (χ2v) is 9.22. The summed E-state index contributed by atoms with van der Waals surface area (Å²) in [6.07, 6.45) is 1.32. The van der Waals surface area contributed by atoms with Crippen molar-refractivity contribution < 1.29 is 27.2 Å². The third kappa shape index (κ3) is 5.19. The lowest BCUT2D eigenvalue weighted by Crippen LogP contribution is -2.37. The maximum absolute atomic E-state index is 13.8. The van der Waals surface area contributed by atoms with Gasteiger partial charge in [-0.05, 0) is 55.2 Å². The number of sulfonamides is 1. The van der Waals surface area contributed by atoms with Crippen LogP contribution in [0.15, 0.2) is 58.3 Å². The Hall–Kier alpha value is -3.02. The van der Waals surface area contributed by atoms with Gasteiger partial charge < -0.3 is 5.32 Å². The fourth-order valence-electron chi connectivity index (χ4n) is 2.71. The molecule has 0 saturated carbocycles. The van der Waals surface area contributed by atoms with Crippen LogP contribution in [0.2, 0.25) is 0 Å². The summed E-state index contributed by atoms with van der Waals surface area (Å²) in [6.45, 7) is -0.0579. The van der Waals surface area contributed by atoms with Crippen molar-refractivity contribution in [2.45, 2.75) is 4.90 Å². The van der Waals surface area contributed by atoms with E-state index in [1.54, 1.807) is 6.07 Å². The summed E-state index contributed by atoms with van der Waals surface area (Å²) in [5.41, 5.74) is 0.425. The van der Waals surface area contributed by atoms with Crippen molar-refractivity contribution in [2.24, 2.45) is 0 Å². The molecule has 1 aliphatic rings. The van der Waals surface area contributed by atoms with Crippen LogP contribution in [0, 0.1) is 5.82 Å². The number of halogens is 1. The molecule has 0 radical (unpaired) electrons. The minimum absolute atomic E-state index is 0.000414. The van der Waals surface area contributed by atoms with Crippen LogP contribution in [0.5, 0.6) is 0 Å². The highest BCUT2D eigenvalue weighted by Crippen LogP contribution is 2.32. The highest BCUT2D eigenvalue weighted by atomic mass is 32.2. The van der Waals surface area contributed by atoms with Gasteiger partial charge in [0, 0.05) is 24.2 Å². The molecule has 1 saturated heterocycles. The van der Waals surface area contributed by atoms with Crippen molar-refractivity contribution in [3.05, 3.63) is 70.4 Å². The standard InChI is InChI=1S/C20H18FN3O5S2/c1-22-31(28,29)15-8-6-13(7-9-15)18(25)23-10-11-24-19(26)17(30-20(24)27)12-14-4-2-3-5-16(14)21/h2-9,12,22H,10-11H2,1H3,(H,23,25)/b17-12-. The Kier molecular flexibility index (Phi) is 6.88. The number of carbonyl (C=O) groups excluding carboxylic acids is 3. The molecule has 0 aromatic heterocycles. The number of nitrogens with one attached hydrogen (secondary N) is 2. The molecule has 0 bridgehead atoms. The molecular formula is C20H18FN3O5S2. The van der Waals surface area contributed by atoms with Crippen molar-refractivity contribution in [2.75, 3.05) is 20.1 Å². The number of nitrogens with zero attached hydrogens (tertiary/aromatic N) is 1. The van der Waals surface area contributed by atoms with Gasteiger partial charge in [0.1, 0.15) is 5.82 Å². The fraction of sp³-hybridized carbons (Fsp3) is 0.150. The lowest BCUT2D eigenvalue weighted by Gasteiger charge is -2.13. The van der Waals surface area contributed by atoms with E-state index in [9.17, 15) is 27.2 Å². The molecule has 0 atom stereocenters. The zero-order chi connectivity index (χ0) is 22.6. The number of imide groups is 1. The Bertz CT molecular complexity index is 1160. The molecule has 2 aromatic carbocycles. The number of hydrogen-bond acceptors (Lipinski definition) is 6. The number of amides is 3. The molecule has 3 rings (SSSR count). The number of benzene rings is 2. The van der Waals surface area contributed by atoms with E-state index in [1.807, 2.05) is 0 Å². The molecule has 1 aliphatic heterocycles. The second-order valence-electron chi connectivity index (χ2n) is 6.34. The number of carbonyl (C=O) groups is 3. The van der Waals surface area contributed by atoms with Crippen LogP contribution in [-0.4, -0.2) is 50.5 Å². The Morgan fingerprint density at radius 1 is 1.13 bits per heavy atom. The first kappa shape index (κ1) is 22.7. The first-order valence-corrected chi connectivity index (χ1v) is 11.3. The third-order valence-electron chi connectivity index (χ3n) is 4.38. The average Bonchev–Trinajstić information content (AvgIpc) is 3.02. The molecule has 11 heteroatoms. The molecule has 0 aliphatic carbocycles. The lowest BCUT2D eigenvalue weighted by molar-refractivity contribution is -0.122. The minimum atomic E-state index is -3.61. The summed E-state index contributed by atoms with van der Waals surface area (Å²) >= 11 is 0.703. The van der Waals surface area contributed by atoms with Gasteiger partial charge in [0.25, 0.3) is 17.1 Å². The normalized spacial score (nSPS) is 15.5. The molecule has 1 fully saturated rings. The van der Waals surface area contributed by atoms with E-state index in [4.69, 9.17) is 0 Å². The van der Waals surface area contributed by atoms with Crippen LogP contribution in [0.4, 0.5) is 9.18 Å². The molecule has 2 N–H and O–H groups in total. The second kappa shape index (κ2) is 9.41.